The standard InChI is InChI=1S/C25H29FN4O3S/c1-32-19-11-13-20(14-12-19)33-16-23-28-29-25(30(23)22-10-6-5-9-21(22)26)34-17-24(31)27-15-18-7-3-2-4-8-18/h5-6,9-14,18H,2-4,7-8,15-17H2,1H3,(H,27,31). The largest absolute Gasteiger partial charge is 0.497 e. The summed E-state index contributed by atoms with van der Waals surface area (Å²) in [5, 5.41) is 11.9. The molecule has 1 saturated carbocycles. The van der Waals surface area contributed by atoms with Gasteiger partial charge in [-0.1, -0.05) is 43.2 Å². The topological polar surface area (TPSA) is 78.3 Å². The zero-order valence-electron chi connectivity index (χ0n) is 19.2. The summed E-state index contributed by atoms with van der Waals surface area (Å²) in [7, 11) is 1.60. The van der Waals surface area contributed by atoms with E-state index in [1.165, 1.54) is 49.9 Å². The first kappa shape index (κ1) is 24.1. The van der Waals surface area contributed by atoms with Crippen molar-refractivity contribution in [2.24, 2.45) is 5.92 Å². The minimum absolute atomic E-state index is 0.0605. The molecule has 7 nitrogen and oxygen atoms in total. The van der Waals surface area contributed by atoms with Gasteiger partial charge in [0.15, 0.2) is 11.0 Å². The second-order valence-corrected chi connectivity index (χ2v) is 9.19. The fourth-order valence-corrected chi connectivity index (χ4v) is 4.81. The number of hydrogen-bond acceptors (Lipinski definition) is 6. The van der Waals surface area contributed by atoms with Gasteiger partial charge in [-0.3, -0.25) is 9.36 Å². The van der Waals surface area contributed by atoms with Crippen molar-refractivity contribution in [1.29, 1.82) is 0 Å². The van der Waals surface area contributed by atoms with E-state index in [4.69, 9.17) is 9.47 Å². The summed E-state index contributed by atoms with van der Waals surface area (Å²) in [5.41, 5.74) is 0.311. The Bertz CT molecular complexity index is 1080. The minimum atomic E-state index is -0.406. The molecule has 3 aromatic rings. The van der Waals surface area contributed by atoms with Crippen LogP contribution in [0, 0.1) is 11.7 Å². The van der Waals surface area contributed by atoms with Crippen molar-refractivity contribution in [3.05, 3.63) is 60.2 Å². The lowest BCUT2D eigenvalue weighted by Crippen LogP contribution is -2.31. The van der Waals surface area contributed by atoms with Gasteiger partial charge in [0.05, 0.1) is 18.6 Å². The Kier molecular flexibility index (Phi) is 8.41. The third kappa shape index (κ3) is 6.28. The summed E-state index contributed by atoms with van der Waals surface area (Å²) in [6.45, 7) is 0.794. The summed E-state index contributed by atoms with van der Waals surface area (Å²) in [4.78, 5) is 12.4. The monoisotopic (exact) mass is 484 g/mol. The van der Waals surface area contributed by atoms with Crippen LogP contribution in [-0.2, 0) is 11.4 Å². The third-order valence-electron chi connectivity index (χ3n) is 5.87. The Balaban J connectivity index is 1.44. The van der Waals surface area contributed by atoms with Crippen molar-refractivity contribution < 1.29 is 18.7 Å². The number of methoxy groups -OCH3 is 1. The molecule has 1 amide bonds. The molecule has 0 saturated heterocycles. The number of thioether (sulfide) groups is 1. The van der Waals surface area contributed by atoms with E-state index in [0.717, 1.165) is 5.75 Å². The zero-order valence-corrected chi connectivity index (χ0v) is 20.0. The van der Waals surface area contributed by atoms with Crippen LogP contribution in [0.4, 0.5) is 4.39 Å². The molecule has 1 aliphatic carbocycles. The highest BCUT2D eigenvalue weighted by Crippen LogP contribution is 2.26. The van der Waals surface area contributed by atoms with Gasteiger partial charge < -0.3 is 14.8 Å². The van der Waals surface area contributed by atoms with Gasteiger partial charge in [0, 0.05) is 6.54 Å². The summed E-state index contributed by atoms with van der Waals surface area (Å²) in [6, 6.07) is 13.6. The Morgan fingerprint density at radius 3 is 2.56 bits per heavy atom. The maximum absolute atomic E-state index is 14.7. The van der Waals surface area contributed by atoms with Crippen LogP contribution in [0.25, 0.3) is 5.69 Å². The average Bonchev–Trinajstić information content (AvgIpc) is 3.28. The summed E-state index contributed by atoms with van der Waals surface area (Å²) >= 11 is 1.23. The highest BCUT2D eigenvalue weighted by atomic mass is 32.2. The number of nitrogens with zero attached hydrogens (tertiary/aromatic N) is 3. The molecule has 0 unspecified atom stereocenters. The molecular formula is C25H29FN4O3S. The molecule has 1 N–H and O–H groups in total. The number of carbonyl (C=O) groups excluding carboxylic acids is 1. The molecule has 0 aliphatic heterocycles. The molecule has 1 heterocycles. The molecule has 1 fully saturated rings. The number of ether oxygens (including phenoxy) is 2. The lowest BCUT2D eigenvalue weighted by molar-refractivity contribution is -0.118. The molecule has 0 radical (unpaired) electrons. The van der Waals surface area contributed by atoms with Gasteiger partial charge in [-0.2, -0.15) is 0 Å². The lowest BCUT2D eigenvalue weighted by atomic mass is 9.89. The fraction of sp³-hybridized carbons (Fsp3) is 0.400. The van der Waals surface area contributed by atoms with Crippen LogP contribution in [-0.4, -0.2) is 40.1 Å². The second kappa shape index (κ2) is 11.9. The van der Waals surface area contributed by atoms with Crippen LogP contribution in [0.15, 0.2) is 53.7 Å². The van der Waals surface area contributed by atoms with Crippen LogP contribution in [0.2, 0.25) is 0 Å². The molecule has 2 aromatic carbocycles. The smallest absolute Gasteiger partial charge is 0.230 e. The van der Waals surface area contributed by atoms with Crippen molar-refractivity contribution >= 4 is 17.7 Å². The number of aromatic nitrogens is 3. The van der Waals surface area contributed by atoms with E-state index in [9.17, 15) is 9.18 Å². The van der Waals surface area contributed by atoms with E-state index < -0.39 is 5.82 Å². The first-order valence-corrected chi connectivity index (χ1v) is 12.5. The molecule has 0 atom stereocenters. The van der Waals surface area contributed by atoms with Crippen molar-refractivity contribution in [3.8, 4) is 17.2 Å². The molecule has 180 valence electrons. The normalized spacial score (nSPS) is 14.1. The van der Waals surface area contributed by atoms with Gasteiger partial charge in [-0.05, 0) is 55.2 Å². The van der Waals surface area contributed by atoms with Crippen LogP contribution in [0.5, 0.6) is 11.5 Å². The van der Waals surface area contributed by atoms with E-state index >= 15 is 0 Å². The first-order valence-electron chi connectivity index (χ1n) is 11.5. The number of carbonyl (C=O) groups is 1. The van der Waals surface area contributed by atoms with E-state index in [1.54, 1.807) is 54.1 Å². The highest BCUT2D eigenvalue weighted by molar-refractivity contribution is 7.99. The average molecular weight is 485 g/mol. The minimum Gasteiger partial charge on any atom is -0.497 e. The number of nitrogens with one attached hydrogen (secondary N) is 1. The zero-order chi connectivity index (χ0) is 23.8. The number of para-hydroxylation sites is 1. The van der Waals surface area contributed by atoms with Crippen LogP contribution in [0.3, 0.4) is 0 Å². The van der Waals surface area contributed by atoms with E-state index in [2.05, 4.69) is 15.5 Å². The Morgan fingerprint density at radius 2 is 1.82 bits per heavy atom. The molecule has 0 bridgehead atoms. The van der Waals surface area contributed by atoms with Gasteiger partial charge in [0.2, 0.25) is 5.91 Å². The number of amides is 1. The second-order valence-electron chi connectivity index (χ2n) is 8.25. The Morgan fingerprint density at radius 1 is 1.09 bits per heavy atom. The molecule has 4 rings (SSSR count). The van der Waals surface area contributed by atoms with E-state index in [-0.39, 0.29) is 18.3 Å². The maximum Gasteiger partial charge on any atom is 0.230 e. The van der Waals surface area contributed by atoms with E-state index in [1.807, 2.05) is 0 Å². The number of benzene rings is 2. The third-order valence-corrected chi connectivity index (χ3v) is 6.80. The summed E-state index contributed by atoms with van der Waals surface area (Å²) in [6.07, 6.45) is 6.11. The molecular weight excluding hydrogens is 455 g/mol. The molecule has 34 heavy (non-hydrogen) atoms. The predicted molar refractivity (Wildman–Crippen MR) is 129 cm³/mol. The number of rotatable bonds is 10. The first-order chi connectivity index (χ1) is 16.6. The molecule has 0 spiro atoms. The van der Waals surface area contributed by atoms with Gasteiger partial charge in [0.1, 0.15) is 23.9 Å². The Labute approximate surface area is 203 Å². The van der Waals surface area contributed by atoms with Crippen molar-refractivity contribution in [2.45, 2.75) is 43.9 Å². The molecule has 1 aromatic heterocycles. The summed E-state index contributed by atoms with van der Waals surface area (Å²) in [5.74, 6) is 2.06. The number of hydrogen-bond donors (Lipinski definition) is 1. The van der Waals surface area contributed by atoms with Gasteiger partial charge in [-0.25, -0.2) is 4.39 Å². The lowest BCUT2D eigenvalue weighted by Gasteiger charge is -2.21. The highest BCUT2D eigenvalue weighted by Gasteiger charge is 2.19. The quantitative estimate of drug-likeness (QED) is 0.417. The van der Waals surface area contributed by atoms with Crippen molar-refractivity contribution in [1.82, 2.24) is 20.1 Å². The van der Waals surface area contributed by atoms with Crippen molar-refractivity contribution in [3.63, 3.8) is 0 Å². The predicted octanol–water partition coefficient (Wildman–Crippen LogP) is 4.78. The molecule has 9 heteroatoms. The van der Waals surface area contributed by atoms with Crippen LogP contribution in [0.1, 0.15) is 37.9 Å². The summed E-state index contributed by atoms with van der Waals surface area (Å²) < 4.78 is 27.3. The van der Waals surface area contributed by atoms with Gasteiger partial charge >= 0.3 is 0 Å². The SMILES string of the molecule is COc1ccc(OCc2nnc(SCC(=O)NCC3CCCCC3)n2-c2ccccc2F)cc1. The van der Waals surface area contributed by atoms with Gasteiger partial charge in [-0.15, -0.1) is 10.2 Å². The number of halogens is 1. The van der Waals surface area contributed by atoms with Crippen LogP contribution >= 0.6 is 11.8 Å². The maximum atomic E-state index is 14.7. The van der Waals surface area contributed by atoms with Crippen molar-refractivity contribution in [2.75, 3.05) is 19.4 Å². The van der Waals surface area contributed by atoms with E-state index in [0.29, 0.717) is 34.9 Å². The van der Waals surface area contributed by atoms with Crippen LogP contribution < -0.4 is 14.8 Å². The Hall–Kier alpha value is -3.07. The fourth-order valence-electron chi connectivity index (χ4n) is 4.01. The molecule has 1 aliphatic rings. The van der Waals surface area contributed by atoms with Gasteiger partial charge in [0.25, 0.3) is 0 Å².